The summed E-state index contributed by atoms with van der Waals surface area (Å²) in [4.78, 5) is 4.90. The van der Waals surface area contributed by atoms with Crippen LogP contribution >= 0.6 is 0 Å². The summed E-state index contributed by atoms with van der Waals surface area (Å²) in [6, 6.07) is 6.63. The molecular formula is C22H21N9. The predicted octanol–water partition coefficient (Wildman–Crippen LogP) is 3.32. The lowest BCUT2D eigenvalue weighted by molar-refractivity contribution is 0.160. The molecule has 0 N–H and O–H groups in total. The second-order valence-electron chi connectivity index (χ2n) is 8.17. The Kier molecular flexibility index (Phi) is 4.52. The van der Waals surface area contributed by atoms with Gasteiger partial charge in [-0.05, 0) is 31.7 Å². The van der Waals surface area contributed by atoms with Crippen LogP contribution < -0.4 is 0 Å². The number of nitrogens with zero attached hydrogens (tertiary/aromatic N) is 9. The lowest BCUT2D eigenvalue weighted by Crippen LogP contribution is -2.37. The lowest BCUT2D eigenvalue weighted by Gasteiger charge is -2.37. The molecule has 0 unspecified atom stereocenters. The molecule has 1 aliphatic carbocycles. The summed E-state index contributed by atoms with van der Waals surface area (Å²) < 4.78 is 5.47. The van der Waals surface area contributed by atoms with Crippen LogP contribution in [0.1, 0.15) is 32.1 Å². The van der Waals surface area contributed by atoms with Crippen molar-refractivity contribution in [1.82, 2.24) is 34.2 Å². The Hall–Kier alpha value is -3.98. The van der Waals surface area contributed by atoms with Gasteiger partial charge in [0.25, 0.3) is 0 Å². The molecule has 5 rings (SSSR count). The van der Waals surface area contributed by atoms with E-state index in [9.17, 15) is 10.5 Å². The van der Waals surface area contributed by atoms with Crippen LogP contribution in [0.2, 0.25) is 0 Å². The van der Waals surface area contributed by atoms with E-state index in [0.29, 0.717) is 6.42 Å². The zero-order valence-corrected chi connectivity index (χ0v) is 17.2. The summed E-state index contributed by atoms with van der Waals surface area (Å²) >= 11 is 0. The Morgan fingerprint density at radius 2 is 1.87 bits per heavy atom. The summed E-state index contributed by atoms with van der Waals surface area (Å²) in [5.41, 5.74) is 3.84. The van der Waals surface area contributed by atoms with Crippen LogP contribution in [-0.4, -0.2) is 34.2 Å². The largest absolute Gasteiger partial charge is 0.275 e. The predicted molar refractivity (Wildman–Crippen MR) is 112 cm³/mol. The van der Waals surface area contributed by atoms with Gasteiger partial charge in [0.05, 0.1) is 65.8 Å². The molecule has 1 aliphatic rings. The van der Waals surface area contributed by atoms with Gasteiger partial charge in [0.2, 0.25) is 0 Å². The Labute approximate surface area is 179 Å². The second kappa shape index (κ2) is 7.37. The van der Waals surface area contributed by atoms with Gasteiger partial charge in [-0.3, -0.25) is 9.36 Å². The molecule has 4 aromatic rings. The Balaban J connectivity index is 1.57. The number of fused-ring (bicyclic) bond motifs is 1. The van der Waals surface area contributed by atoms with Crippen molar-refractivity contribution < 1.29 is 0 Å². The highest BCUT2D eigenvalue weighted by Gasteiger charge is 2.38. The van der Waals surface area contributed by atoms with Gasteiger partial charge in [0, 0.05) is 36.5 Å². The molecule has 9 heteroatoms. The van der Waals surface area contributed by atoms with Crippen molar-refractivity contribution >= 4 is 5.52 Å². The van der Waals surface area contributed by atoms with Gasteiger partial charge in [-0.25, -0.2) is 9.50 Å². The van der Waals surface area contributed by atoms with Crippen molar-refractivity contribution in [2.45, 2.75) is 37.6 Å². The van der Waals surface area contributed by atoms with Crippen molar-refractivity contribution in [1.29, 1.82) is 10.5 Å². The molecule has 1 saturated carbocycles. The quantitative estimate of drug-likeness (QED) is 0.509. The van der Waals surface area contributed by atoms with E-state index >= 15 is 0 Å². The third-order valence-corrected chi connectivity index (χ3v) is 6.24. The molecule has 154 valence electrons. The van der Waals surface area contributed by atoms with Gasteiger partial charge in [-0.2, -0.15) is 25.8 Å². The van der Waals surface area contributed by atoms with Gasteiger partial charge >= 0.3 is 0 Å². The summed E-state index contributed by atoms with van der Waals surface area (Å²) in [6.07, 6.45) is 14.6. The maximum atomic E-state index is 9.48. The van der Waals surface area contributed by atoms with Crippen molar-refractivity contribution in [3.63, 3.8) is 0 Å². The van der Waals surface area contributed by atoms with E-state index in [1.165, 1.54) is 0 Å². The average molecular weight is 411 g/mol. The highest BCUT2D eigenvalue weighted by atomic mass is 15.3. The first-order chi connectivity index (χ1) is 15.1. The van der Waals surface area contributed by atoms with E-state index in [4.69, 9.17) is 4.98 Å². The van der Waals surface area contributed by atoms with Crippen LogP contribution in [0.4, 0.5) is 0 Å². The van der Waals surface area contributed by atoms with E-state index < -0.39 is 0 Å². The van der Waals surface area contributed by atoms with Gasteiger partial charge in [0.1, 0.15) is 0 Å². The minimum Gasteiger partial charge on any atom is -0.275 e. The van der Waals surface area contributed by atoms with Gasteiger partial charge < -0.3 is 0 Å². The fraction of sp³-hybridized carbons (Fsp3) is 0.364. The average Bonchev–Trinajstić information content (AvgIpc) is 3.54. The maximum absolute atomic E-state index is 9.48. The number of aromatic nitrogens is 7. The third kappa shape index (κ3) is 3.24. The van der Waals surface area contributed by atoms with Gasteiger partial charge in [-0.1, -0.05) is 0 Å². The monoisotopic (exact) mass is 411 g/mol. The standard InChI is InChI=1S/C22H21N9/c1-29-13-17(11-26-29)19-15-30-20(4-9-25-30)21(28-19)18-12-27-31(14-18)22(7-8-23)5-2-16(10-24)3-6-22/h4,9,11-16H,2-3,5-7H2,1H3. The summed E-state index contributed by atoms with van der Waals surface area (Å²) in [5.74, 6) is 0.0612. The normalized spacial score (nSPS) is 21.1. The first-order valence-electron chi connectivity index (χ1n) is 10.3. The Morgan fingerprint density at radius 3 is 2.58 bits per heavy atom. The zero-order valence-electron chi connectivity index (χ0n) is 17.2. The highest BCUT2D eigenvalue weighted by molar-refractivity contribution is 5.78. The van der Waals surface area contributed by atoms with Crippen LogP contribution in [0.3, 0.4) is 0 Å². The van der Waals surface area contributed by atoms with Gasteiger partial charge in [0.15, 0.2) is 0 Å². The topological polar surface area (TPSA) is 113 Å². The molecule has 0 radical (unpaired) electrons. The number of aryl methyl sites for hydroxylation is 1. The maximum Gasteiger partial charge on any atom is 0.0999 e. The molecule has 4 heterocycles. The van der Waals surface area contributed by atoms with Gasteiger partial charge in [-0.15, -0.1) is 0 Å². The molecule has 1 fully saturated rings. The smallest absolute Gasteiger partial charge is 0.0999 e. The van der Waals surface area contributed by atoms with Crippen molar-refractivity contribution in [3.8, 4) is 34.7 Å². The molecule has 9 nitrogen and oxygen atoms in total. The van der Waals surface area contributed by atoms with Crippen LogP contribution in [0.25, 0.3) is 28.0 Å². The molecule has 0 amide bonds. The third-order valence-electron chi connectivity index (χ3n) is 6.24. The van der Waals surface area contributed by atoms with Crippen LogP contribution in [0.15, 0.2) is 43.2 Å². The van der Waals surface area contributed by atoms with E-state index in [0.717, 1.165) is 53.7 Å². The number of hydrogen-bond donors (Lipinski definition) is 0. The minimum absolute atomic E-state index is 0.0612. The van der Waals surface area contributed by atoms with E-state index in [2.05, 4.69) is 27.4 Å². The molecule has 0 atom stereocenters. The summed E-state index contributed by atoms with van der Waals surface area (Å²) in [5, 5.41) is 32.0. The fourth-order valence-corrected chi connectivity index (χ4v) is 4.45. The first kappa shape index (κ1) is 19.0. The van der Waals surface area contributed by atoms with E-state index in [1.807, 2.05) is 40.9 Å². The Morgan fingerprint density at radius 1 is 1.06 bits per heavy atom. The molecule has 4 aromatic heterocycles. The SMILES string of the molecule is Cn1cc(-c2cn3nccc3c(-c3cnn(C4(CC#N)CCC(C#N)CC4)c3)n2)cn1. The summed E-state index contributed by atoms with van der Waals surface area (Å²) in [6.45, 7) is 0. The summed E-state index contributed by atoms with van der Waals surface area (Å²) in [7, 11) is 1.87. The second-order valence-corrected chi connectivity index (χ2v) is 8.17. The fourth-order valence-electron chi connectivity index (χ4n) is 4.45. The molecule has 31 heavy (non-hydrogen) atoms. The highest BCUT2D eigenvalue weighted by Crippen LogP contribution is 2.40. The van der Waals surface area contributed by atoms with Crippen LogP contribution in [0.5, 0.6) is 0 Å². The Bertz CT molecular complexity index is 1320. The number of nitriles is 2. The molecular weight excluding hydrogens is 390 g/mol. The molecule has 0 aromatic carbocycles. The lowest BCUT2D eigenvalue weighted by atomic mass is 9.75. The molecule has 0 saturated heterocycles. The molecule has 0 spiro atoms. The van der Waals surface area contributed by atoms with Crippen LogP contribution in [0, 0.1) is 28.6 Å². The minimum atomic E-state index is -0.377. The number of hydrogen-bond acceptors (Lipinski definition) is 6. The van der Waals surface area contributed by atoms with Crippen molar-refractivity contribution in [2.24, 2.45) is 13.0 Å². The molecule has 0 bridgehead atoms. The van der Waals surface area contributed by atoms with E-state index in [-0.39, 0.29) is 11.5 Å². The first-order valence-corrected chi connectivity index (χ1v) is 10.3. The number of rotatable bonds is 4. The molecule has 0 aliphatic heterocycles. The van der Waals surface area contributed by atoms with Crippen molar-refractivity contribution in [2.75, 3.05) is 0 Å². The zero-order chi connectivity index (χ0) is 21.4. The van der Waals surface area contributed by atoms with Crippen LogP contribution in [-0.2, 0) is 12.6 Å². The van der Waals surface area contributed by atoms with Crippen molar-refractivity contribution in [3.05, 3.63) is 43.2 Å². The van der Waals surface area contributed by atoms with E-state index in [1.54, 1.807) is 23.3 Å².